The number of hydrogen-bond donors (Lipinski definition) is 1. The molecule has 4 rings (SSSR count). The Kier molecular flexibility index (Phi) is 3.45. The van der Waals surface area contributed by atoms with Crippen LogP contribution < -0.4 is 0 Å². The number of hydrogen-bond acceptors (Lipinski definition) is 5. The van der Waals surface area contributed by atoms with Crippen LogP contribution in [0.2, 0.25) is 0 Å². The van der Waals surface area contributed by atoms with Gasteiger partial charge in [0.1, 0.15) is 0 Å². The highest BCUT2D eigenvalue weighted by Gasteiger charge is 2.26. The first-order valence-corrected chi connectivity index (χ1v) is 8.01. The first-order valence-electron chi connectivity index (χ1n) is 8.01. The topological polar surface area (TPSA) is 84.0 Å². The van der Waals surface area contributed by atoms with E-state index in [1.807, 2.05) is 35.7 Å². The van der Waals surface area contributed by atoms with Crippen molar-refractivity contribution in [1.82, 2.24) is 19.6 Å². The molecule has 0 amide bonds. The Morgan fingerprint density at radius 2 is 2.00 bits per heavy atom. The number of nitrogens with zero attached hydrogens (tertiary/aromatic N) is 4. The monoisotopic (exact) mass is 319 g/mol. The summed E-state index contributed by atoms with van der Waals surface area (Å²) >= 11 is 0. The average molecular weight is 319 g/mol. The Bertz CT molecular complexity index is 945. The summed E-state index contributed by atoms with van der Waals surface area (Å²) in [6, 6.07) is 7.81. The van der Waals surface area contributed by atoms with Crippen LogP contribution in [-0.2, 0) is 4.79 Å². The molecule has 24 heavy (non-hydrogen) atoms. The van der Waals surface area contributed by atoms with Crippen molar-refractivity contribution in [2.75, 3.05) is 0 Å². The third kappa shape index (κ3) is 2.40. The standard InChI is InChI=1S/C18H17N5O/c1-11-18(12-6-8-20-9-7-12)23-17(21-11)5-3-15(22-23)13-2-4-16(24)14(19)10-13/h3,5-9,13,19H,2,4,10H2,1H3. The molecule has 0 bridgehead atoms. The second-order valence-electron chi connectivity index (χ2n) is 6.15. The van der Waals surface area contributed by atoms with E-state index in [2.05, 4.69) is 9.97 Å². The minimum Gasteiger partial charge on any atom is -0.302 e. The molecule has 0 saturated heterocycles. The Hall–Kier alpha value is -2.89. The van der Waals surface area contributed by atoms with Gasteiger partial charge in [-0.2, -0.15) is 5.10 Å². The van der Waals surface area contributed by atoms with Crippen LogP contribution >= 0.6 is 0 Å². The third-order valence-corrected chi connectivity index (χ3v) is 4.55. The summed E-state index contributed by atoms with van der Waals surface area (Å²) in [5, 5.41) is 12.6. The Morgan fingerprint density at radius 3 is 2.75 bits per heavy atom. The lowest BCUT2D eigenvalue weighted by Gasteiger charge is -2.21. The summed E-state index contributed by atoms with van der Waals surface area (Å²) in [7, 11) is 0. The molecule has 3 aromatic heterocycles. The van der Waals surface area contributed by atoms with Crippen molar-refractivity contribution in [3.05, 3.63) is 48.0 Å². The maximum Gasteiger partial charge on any atom is 0.176 e. The number of fused-ring (bicyclic) bond motifs is 1. The van der Waals surface area contributed by atoms with Crippen LogP contribution in [0.1, 0.15) is 36.6 Å². The molecule has 0 aliphatic heterocycles. The van der Waals surface area contributed by atoms with Gasteiger partial charge < -0.3 is 5.41 Å². The molecule has 6 nitrogen and oxygen atoms in total. The molecule has 3 aromatic rings. The first kappa shape index (κ1) is 14.7. The van der Waals surface area contributed by atoms with Gasteiger partial charge in [0.25, 0.3) is 0 Å². The summed E-state index contributed by atoms with van der Waals surface area (Å²) in [5.41, 5.74) is 4.81. The second-order valence-corrected chi connectivity index (χ2v) is 6.15. The van der Waals surface area contributed by atoms with Crippen LogP contribution in [0.15, 0.2) is 36.7 Å². The van der Waals surface area contributed by atoms with Crippen molar-refractivity contribution >= 4 is 17.1 Å². The van der Waals surface area contributed by atoms with E-state index < -0.39 is 0 Å². The van der Waals surface area contributed by atoms with Gasteiger partial charge in [-0.15, -0.1) is 0 Å². The number of aryl methyl sites for hydroxylation is 1. The normalized spacial score (nSPS) is 18.3. The van der Waals surface area contributed by atoms with Gasteiger partial charge in [0.2, 0.25) is 0 Å². The largest absolute Gasteiger partial charge is 0.302 e. The molecule has 1 N–H and O–H groups in total. The zero-order valence-electron chi connectivity index (χ0n) is 13.4. The summed E-state index contributed by atoms with van der Waals surface area (Å²) in [6.45, 7) is 1.97. The molecule has 0 radical (unpaired) electrons. The molecule has 1 unspecified atom stereocenters. The van der Waals surface area contributed by atoms with E-state index >= 15 is 0 Å². The predicted octanol–water partition coefficient (Wildman–Crippen LogP) is 2.96. The molecule has 1 atom stereocenters. The number of imidazole rings is 1. The quantitative estimate of drug-likeness (QED) is 0.787. The maximum atomic E-state index is 11.6. The van der Waals surface area contributed by atoms with Crippen molar-refractivity contribution in [2.24, 2.45) is 0 Å². The zero-order chi connectivity index (χ0) is 16.7. The van der Waals surface area contributed by atoms with E-state index in [0.717, 1.165) is 34.7 Å². The van der Waals surface area contributed by atoms with Crippen molar-refractivity contribution < 1.29 is 4.79 Å². The number of ketones is 1. The number of Topliss-reactive ketones (excluding diaryl/α,β-unsaturated/α-hetero) is 1. The van der Waals surface area contributed by atoms with Gasteiger partial charge in [0, 0.05) is 36.7 Å². The van der Waals surface area contributed by atoms with E-state index in [0.29, 0.717) is 12.8 Å². The van der Waals surface area contributed by atoms with Gasteiger partial charge in [0.05, 0.1) is 22.8 Å². The van der Waals surface area contributed by atoms with Gasteiger partial charge >= 0.3 is 0 Å². The molecular weight excluding hydrogens is 302 g/mol. The van der Waals surface area contributed by atoms with E-state index in [-0.39, 0.29) is 17.4 Å². The predicted molar refractivity (Wildman–Crippen MR) is 90.3 cm³/mol. The van der Waals surface area contributed by atoms with E-state index in [1.54, 1.807) is 12.4 Å². The Balaban J connectivity index is 1.80. The van der Waals surface area contributed by atoms with E-state index in [1.165, 1.54) is 0 Å². The summed E-state index contributed by atoms with van der Waals surface area (Å²) in [4.78, 5) is 20.2. The highest BCUT2D eigenvalue weighted by Crippen LogP contribution is 2.30. The minimum atomic E-state index is -0.0386. The smallest absolute Gasteiger partial charge is 0.176 e. The summed E-state index contributed by atoms with van der Waals surface area (Å²) in [5.74, 6) is 0.0795. The molecule has 6 heteroatoms. The molecular formula is C18H17N5O. The number of pyridine rings is 1. The first-order chi connectivity index (χ1) is 11.6. The van der Waals surface area contributed by atoms with Gasteiger partial charge in [0.15, 0.2) is 11.4 Å². The van der Waals surface area contributed by atoms with Crippen LogP contribution in [0, 0.1) is 12.3 Å². The number of aromatic nitrogens is 4. The third-order valence-electron chi connectivity index (χ3n) is 4.55. The van der Waals surface area contributed by atoms with Crippen LogP contribution in [0.4, 0.5) is 0 Å². The number of nitrogens with one attached hydrogen (secondary N) is 1. The summed E-state index contributed by atoms with van der Waals surface area (Å²) < 4.78 is 1.86. The molecule has 1 fully saturated rings. The van der Waals surface area contributed by atoms with E-state index in [9.17, 15) is 4.79 Å². The lowest BCUT2D eigenvalue weighted by molar-refractivity contribution is -0.113. The van der Waals surface area contributed by atoms with Crippen molar-refractivity contribution in [3.63, 3.8) is 0 Å². The van der Waals surface area contributed by atoms with Crippen LogP contribution in [0.5, 0.6) is 0 Å². The molecule has 1 aliphatic carbocycles. The van der Waals surface area contributed by atoms with Crippen molar-refractivity contribution in [1.29, 1.82) is 5.41 Å². The average Bonchev–Trinajstić information content (AvgIpc) is 2.93. The molecule has 3 heterocycles. The van der Waals surface area contributed by atoms with Crippen LogP contribution in [0.3, 0.4) is 0 Å². The second kappa shape index (κ2) is 5.63. The molecule has 0 spiro atoms. The van der Waals surface area contributed by atoms with Gasteiger partial charge in [-0.3, -0.25) is 9.78 Å². The molecule has 120 valence electrons. The van der Waals surface area contributed by atoms with E-state index in [4.69, 9.17) is 10.5 Å². The fourth-order valence-electron chi connectivity index (χ4n) is 3.29. The van der Waals surface area contributed by atoms with Crippen molar-refractivity contribution in [2.45, 2.75) is 32.1 Å². The Labute approximate surface area is 139 Å². The maximum absolute atomic E-state index is 11.6. The fraction of sp³-hybridized carbons (Fsp3) is 0.278. The molecule has 1 saturated carbocycles. The lowest BCUT2D eigenvalue weighted by Crippen LogP contribution is -2.23. The van der Waals surface area contributed by atoms with Crippen LogP contribution in [-0.4, -0.2) is 31.1 Å². The fourth-order valence-corrected chi connectivity index (χ4v) is 3.29. The minimum absolute atomic E-state index is 0.0386. The number of carbonyl (C=O) groups is 1. The number of carbonyl (C=O) groups excluding carboxylic acids is 1. The molecule has 1 aliphatic rings. The van der Waals surface area contributed by atoms with Crippen LogP contribution in [0.25, 0.3) is 16.9 Å². The van der Waals surface area contributed by atoms with Gasteiger partial charge in [-0.25, -0.2) is 9.50 Å². The highest BCUT2D eigenvalue weighted by molar-refractivity contribution is 6.39. The Morgan fingerprint density at radius 1 is 1.21 bits per heavy atom. The zero-order valence-corrected chi connectivity index (χ0v) is 13.4. The molecule has 0 aromatic carbocycles. The summed E-state index contributed by atoms with van der Waals surface area (Å²) in [6.07, 6.45) is 5.16. The highest BCUT2D eigenvalue weighted by atomic mass is 16.1. The van der Waals surface area contributed by atoms with Gasteiger partial charge in [-0.05, 0) is 37.6 Å². The SMILES string of the molecule is Cc1nc2ccc(C3CCC(=O)C(=N)C3)nn2c1-c1ccncc1. The number of rotatable bonds is 2. The van der Waals surface area contributed by atoms with Crippen molar-refractivity contribution in [3.8, 4) is 11.3 Å². The van der Waals surface area contributed by atoms with Gasteiger partial charge in [-0.1, -0.05) is 0 Å². The lowest BCUT2D eigenvalue weighted by atomic mass is 9.85.